The number of ether oxygens (including phenoxy) is 1. The van der Waals surface area contributed by atoms with E-state index in [1.807, 2.05) is 6.92 Å². The summed E-state index contributed by atoms with van der Waals surface area (Å²) in [6, 6.07) is 6.76. The summed E-state index contributed by atoms with van der Waals surface area (Å²) in [5, 5.41) is 6.50. The molecule has 1 unspecified atom stereocenters. The number of hydrogen-bond acceptors (Lipinski definition) is 3. The lowest BCUT2D eigenvalue weighted by Gasteiger charge is -2.16. The molecule has 0 aliphatic rings. The van der Waals surface area contributed by atoms with Crippen molar-refractivity contribution in [1.29, 1.82) is 0 Å². The Balaban J connectivity index is 2.46. The van der Waals surface area contributed by atoms with Crippen LogP contribution in [0.1, 0.15) is 6.92 Å². The van der Waals surface area contributed by atoms with Gasteiger partial charge in [-0.1, -0.05) is 11.8 Å². The minimum Gasteiger partial charge on any atom is -0.383 e. The topological polar surface area (TPSA) is 33.3 Å². The second-order valence-corrected chi connectivity index (χ2v) is 5.33. The molecule has 19 heavy (non-hydrogen) atoms. The molecule has 0 aromatic heterocycles. The summed E-state index contributed by atoms with van der Waals surface area (Å²) >= 11 is 5.64. The van der Waals surface area contributed by atoms with Gasteiger partial charge in [-0.15, -0.1) is 0 Å². The number of thiocarbonyl (C=S) groups is 1. The molecule has 0 aliphatic carbocycles. The molecule has 1 aromatic carbocycles. The minimum atomic E-state index is -2.41. The Labute approximate surface area is 121 Å². The largest absolute Gasteiger partial charge is 0.383 e. The van der Waals surface area contributed by atoms with Crippen LogP contribution >= 0.6 is 24.0 Å². The van der Waals surface area contributed by atoms with Gasteiger partial charge in [0.25, 0.3) is 5.76 Å². The molecule has 2 N–H and O–H groups in total. The highest BCUT2D eigenvalue weighted by Gasteiger charge is 2.06. The number of nitrogens with one attached hydrogen (secondary N) is 2. The maximum atomic E-state index is 12.2. The van der Waals surface area contributed by atoms with Gasteiger partial charge in [0.05, 0.1) is 6.61 Å². The summed E-state index contributed by atoms with van der Waals surface area (Å²) in [5.41, 5.74) is 0.751. The van der Waals surface area contributed by atoms with E-state index in [0.717, 1.165) is 5.69 Å². The summed E-state index contributed by atoms with van der Waals surface area (Å²) in [6.07, 6.45) is 0. The molecule has 0 bridgehead atoms. The van der Waals surface area contributed by atoms with Crippen LogP contribution in [0.2, 0.25) is 0 Å². The van der Waals surface area contributed by atoms with Crippen molar-refractivity contribution in [2.75, 3.05) is 19.0 Å². The molecule has 0 fully saturated rings. The lowest BCUT2D eigenvalue weighted by Crippen LogP contribution is -2.38. The summed E-state index contributed by atoms with van der Waals surface area (Å²) in [5.74, 6) is -2.41. The van der Waals surface area contributed by atoms with Crippen LogP contribution in [-0.2, 0) is 4.74 Å². The first-order chi connectivity index (χ1) is 9.01. The highest BCUT2D eigenvalue weighted by Crippen LogP contribution is 2.26. The van der Waals surface area contributed by atoms with Gasteiger partial charge in [0.15, 0.2) is 5.11 Å². The smallest absolute Gasteiger partial charge is 0.288 e. The van der Waals surface area contributed by atoms with Crippen LogP contribution in [0.25, 0.3) is 0 Å². The summed E-state index contributed by atoms with van der Waals surface area (Å²) < 4.78 is 29.3. The molecule has 0 saturated carbocycles. The predicted octanol–water partition coefficient (Wildman–Crippen LogP) is 3.32. The predicted molar refractivity (Wildman–Crippen MR) is 79.0 cm³/mol. The molecule has 0 amide bonds. The first kappa shape index (κ1) is 16.1. The van der Waals surface area contributed by atoms with E-state index >= 15 is 0 Å². The molecule has 106 valence electrons. The Morgan fingerprint density at radius 2 is 2.00 bits per heavy atom. The molecule has 0 aliphatic heterocycles. The first-order valence-corrected chi connectivity index (χ1v) is 6.91. The molecule has 0 radical (unpaired) electrons. The number of halogens is 2. The van der Waals surface area contributed by atoms with Gasteiger partial charge in [-0.3, -0.25) is 0 Å². The van der Waals surface area contributed by atoms with Crippen molar-refractivity contribution in [2.24, 2.45) is 0 Å². The van der Waals surface area contributed by atoms with E-state index in [2.05, 4.69) is 10.6 Å². The number of anilines is 1. The number of alkyl halides is 2. The summed E-state index contributed by atoms with van der Waals surface area (Å²) in [7, 11) is 1.62. The second kappa shape index (κ2) is 8.29. The van der Waals surface area contributed by atoms with Gasteiger partial charge in [-0.2, -0.15) is 8.78 Å². The Hall–Kier alpha value is -0.920. The highest BCUT2D eigenvalue weighted by atomic mass is 32.2. The van der Waals surface area contributed by atoms with Crippen LogP contribution in [0.15, 0.2) is 29.2 Å². The summed E-state index contributed by atoms with van der Waals surface area (Å²) in [6.45, 7) is 2.49. The van der Waals surface area contributed by atoms with E-state index in [1.54, 1.807) is 31.4 Å². The Morgan fingerprint density at radius 1 is 1.37 bits per heavy atom. The molecule has 1 rings (SSSR count). The number of rotatable bonds is 6. The van der Waals surface area contributed by atoms with Crippen LogP contribution in [-0.4, -0.2) is 30.6 Å². The Morgan fingerprint density at radius 3 is 2.53 bits per heavy atom. The van der Waals surface area contributed by atoms with Crippen LogP contribution in [0.4, 0.5) is 14.5 Å². The van der Waals surface area contributed by atoms with E-state index in [0.29, 0.717) is 28.4 Å². The second-order valence-electron chi connectivity index (χ2n) is 3.86. The van der Waals surface area contributed by atoms with E-state index < -0.39 is 5.76 Å². The maximum Gasteiger partial charge on any atom is 0.288 e. The van der Waals surface area contributed by atoms with Gasteiger partial charge in [-0.05, 0) is 43.4 Å². The number of hydrogen-bond donors (Lipinski definition) is 2. The van der Waals surface area contributed by atoms with Crippen molar-refractivity contribution >= 4 is 34.8 Å². The highest BCUT2D eigenvalue weighted by molar-refractivity contribution is 7.99. The SMILES string of the molecule is COCC(C)NC(=S)Nc1ccc(SC(F)F)cc1. The van der Waals surface area contributed by atoms with Crippen molar-refractivity contribution in [3.05, 3.63) is 24.3 Å². The minimum absolute atomic E-state index is 0.0960. The fourth-order valence-corrected chi connectivity index (χ4v) is 2.22. The molecule has 1 aromatic rings. The zero-order valence-electron chi connectivity index (χ0n) is 10.7. The number of thioether (sulfide) groups is 1. The lowest BCUT2D eigenvalue weighted by molar-refractivity contribution is 0.179. The van der Waals surface area contributed by atoms with E-state index in [9.17, 15) is 8.78 Å². The molecule has 7 heteroatoms. The Kier molecular flexibility index (Phi) is 7.04. The Bertz CT molecular complexity index is 401. The van der Waals surface area contributed by atoms with E-state index in [-0.39, 0.29) is 6.04 Å². The molecule has 3 nitrogen and oxygen atoms in total. The van der Waals surface area contributed by atoms with Crippen LogP contribution in [0.5, 0.6) is 0 Å². The quantitative estimate of drug-likeness (QED) is 0.622. The van der Waals surface area contributed by atoms with Crippen molar-refractivity contribution in [3.8, 4) is 0 Å². The van der Waals surface area contributed by atoms with Crippen molar-refractivity contribution in [3.63, 3.8) is 0 Å². The van der Waals surface area contributed by atoms with Gasteiger partial charge in [0, 0.05) is 23.7 Å². The summed E-state index contributed by atoms with van der Waals surface area (Å²) in [4.78, 5) is 0.521. The van der Waals surface area contributed by atoms with Crippen molar-refractivity contribution in [2.45, 2.75) is 23.6 Å². The number of benzene rings is 1. The van der Waals surface area contributed by atoms with Gasteiger partial charge in [0.2, 0.25) is 0 Å². The molecule has 1 atom stereocenters. The molecular formula is C12H16F2N2OS2. The zero-order valence-corrected chi connectivity index (χ0v) is 12.3. The third kappa shape index (κ3) is 6.70. The fourth-order valence-electron chi connectivity index (χ4n) is 1.40. The van der Waals surface area contributed by atoms with E-state index in [1.165, 1.54) is 0 Å². The van der Waals surface area contributed by atoms with E-state index in [4.69, 9.17) is 17.0 Å². The normalized spacial score (nSPS) is 12.3. The van der Waals surface area contributed by atoms with Crippen LogP contribution < -0.4 is 10.6 Å². The average molecular weight is 306 g/mol. The fraction of sp³-hybridized carbons (Fsp3) is 0.417. The maximum absolute atomic E-state index is 12.2. The molecule has 0 heterocycles. The molecular weight excluding hydrogens is 290 g/mol. The van der Waals surface area contributed by atoms with Gasteiger partial charge < -0.3 is 15.4 Å². The lowest BCUT2D eigenvalue weighted by atomic mass is 10.3. The molecule has 0 spiro atoms. The third-order valence-electron chi connectivity index (χ3n) is 2.13. The van der Waals surface area contributed by atoms with Gasteiger partial charge in [0.1, 0.15) is 0 Å². The monoisotopic (exact) mass is 306 g/mol. The average Bonchev–Trinajstić information content (AvgIpc) is 2.31. The number of methoxy groups -OCH3 is 1. The van der Waals surface area contributed by atoms with Gasteiger partial charge in [-0.25, -0.2) is 0 Å². The van der Waals surface area contributed by atoms with Crippen molar-refractivity contribution < 1.29 is 13.5 Å². The zero-order chi connectivity index (χ0) is 14.3. The van der Waals surface area contributed by atoms with Gasteiger partial charge >= 0.3 is 0 Å². The first-order valence-electron chi connectivity index (χ1n) is 5.62. The standard InChI is InChI=1S/C12H16F2N2OS2/c1-8(7-17-2)15-12(18)16-9-3-5-10(6-4-9)19-11(13)14/h3-6,8,11H,7H2,1-2H3,(H2,15,16,18). The van der Waals surface area contributed by atoms with Crippen molar-refractivity contribution in [1.82, 2.24) is 5.32 Å². The van der Waals surface area contributed by atoms with Crippen LogP contribution in [0, 0.1) is 0 Å². The van der Waals surface area contributed by atoms with Crippen LogP contribution in [0.3, 0.4) is 0 Å². The third-order valence-corrected chi connectivity index (χ3v) is 3.07. The molecule has 0 saturated heterocycles.